The Bertz CT molecular complexity index is 1360. The van der Waals surface area contributed by atoms with Crippen molar-refractivity contribution >= 4 is 17.3 Å². The Morgan fingerprint density at radius 2 is 1.64 bits per heavy atom. The fraction of sp³-hybridized carbons (Fsp3) is 0.250. The van der Waals surface area contributed by atoms with Gasteiger partial charge in [0.25, 0.3) is 5.92 Å². The van der Waals surface area contributed by atoms with Crippen LogP contribution in [0.1, 0.15) is 29.0 Å². The molecule has 0 amide bonds. The molecule has 1 aromatic heterocycles. The summed E-state index contributed by atoms with van der Waals surface area (Å²) in [5.74, 6) is -3.13. The number of carbonyl (C=O) groups excluding carboxylic acids is 1. The molecule has 0 radical (unpaired) electrons. The Morgan fingerprint density at radius 1 is 0.944 bits per heavy atom. The number of hydrogen-bond acceptors (Lipinski definition) is 4. The molecule has 36 heavy (non-hydrogen) atoms. The van der Waals surface area contributed by atoms with Gasteiger partial charge in [0.15, 0.2) is 0 Å². The Kier molecular flexibility index (Phi) is 7.56. The topological polar surface area (TPSA) is 59.5 Å². The summed E-state index contributed by atoms with van der Waals surface area (Å²) in [5, 5.41) is 0.770. The van der Waals surface area contributed by atoms with Crippen molar-refractivity contribution in [2.24, 2.45) is 5.73 Å². The highest BCUT2D eigenvalue weighted by atomic mass is 19.3. The van der Waals surface area contributed by atoms with Crippen LogP contribution in [0, 0.1) is 11.6 Å². The maximum atomic E-state index is 14.4. The summed E-state index contributed by atoms with van der Waals surface area (Å²) < 4.78 is 58.3. The second kappa shape index (κ2) is 10.6. The van der Waals surface area contributed by atoms with Crippen molar-refractivity contribution in [2.45, 2.75) is 25.3 Å². The number of nitrogens with zero attached hydrogens (tertiary/aromatic N) is 1. The Hall–Kier alpha value is -3.49. The van der Waals surface area contributed by atoms with Crippen LogP contribution in [-0.2, 0) is 6.54 Å². The number of rotatable bonds is 4. The second-order valence-electron chi connectivity index (χ2n) is 8.88. The van der Waals surface area contributed by atoms with Gasteiger partial charge in [0, 0.05) is 54.1 Å². The highest BCUT2D eigenvalue weighted by molar-refractivity contribution is 5.97. The van der Waals surface area contributed by atoms with Gasteiger partial charge >= 0.3 is 0 Å². The van der Waals surface area contributed by atoms with Crippen molar-refractivity contribution in [2.75, 3.05) is 20.1 Å². The molecule has 3 aromatic carbocycles. The van der Waals surface area contributed by atoms with Gasteiger partial charge in [0.1, 0.15) is 29.3 Å². The van der Waals surface area contributed by atoms with E-state index >= 15 is 0 Å². The minimum absolute atomic E-state index is 0.0312. The van der Waals surface area contributed by atoms with E-state index in [2.05, 4.69) is 0 Å². The monoisotopic (exact) mass is 498 g/mol. The summed E-state index contributed by atoms with van der Waals surface area (Å²) in [6.45, 7) is 1.28. The van der Waals surface area contributed by atoms with Gasteiger partial charge in [0.05, 0.1) is 6.54 Å². The lowest BCUT2D eigenvalue weighted by atomic mass is 9.96. The van der Waals surface area contributed by atoms with E-state index in [1.165, 1.54) is 12.1 Å². The Morgan fingerprint density at radius 3 is 2.22 bits per heavy atom. The molecule has 2 heterocycles. The summed E-state index contributed by atoms with van der Waals surface area (Å²) in [6.07, 6.45) is 0.836. The maximum absolute atomic E-state index is 14.4. The van der Waals surface area contributed by atoms with E-state index in [9.17, 15) is 22.4 Å². The molecule has 0 saturated carbocycles. The first kappa shape index (κ1) is 25.6. The van der Waals surface area contributed by atoms with Gasteiger partial charge in [0.2, 0.25) is 0 Å². The predicted molar refractivity (Wildman–Crippen MR) is 132 cm³/mol. The molecule has 0 aliphatic carbocycles. The van der Waals surface area contributed by atoms with Crippen molar-refractivity contribution in [3.05, 3.63) is 83.6 Å². The minimum atomic E-state index is -2.38. The zero-order chi connectivity index (χ0) is 25.9. The third kappa shape index (κ3) is 5.83. The molecule has 1 fully saturated rings. The largest absolute Gasteiger partial charge is 0.459 e. The Labute approximate surface area is 206 Å². The fourth-order valence-corrected chi connectivity index (χ4v) is 4.08. The summed E-state index contributed by atoms with van der Waals surface area (Å²) in [6, 6.07) is 16.0. The first-order valence-electron chi connectivity index (χ1n) is 11.5. The third-order valence-corrected chi connectivity index (χ3v) is 6.19. The van der Waals surface area contributed by atoms with Gasteiger partial charge in [-0.3, -0.25) is 4.79 Å². The van der Waals surface area contributed by atoms with Crippen LogP contribution < -0.4 is 5.73 Å². The molecular weight excluding hydrogens is 472 g/mol. The number of fused-ring (bicyclic) bond motifs is 1. The normalized spacial score (nSPS) is 15.4. The predicted octanol–water partition coefficient (Wildman–Crippen LogP) is 6.66. The molecule has 0 atom stereocenters. The maximum Gasteiger partial charge on any atom is 0.250 e. The van der Waals surface area contributed by atoms with Crippen LogP contribution in [0.2, 0.25) is 0 Å². The summed E-state index contributed by atoms with van der Waals surface area (Å²) >= 11 is 0. The zero-order valence-electron chi connectivity index (χ0n) is 19.7. The molecule has 1 aliphatic heterocycles. The summed E-state index contributed by atoms with van der Waals surface area (Å²) in [5.41, 5.74) is 9.18. The average Bonchev–Trinajstić information content (AvgIpc) is 3.29. The van der Waals surface area contributed by atoms with E-state index in [4.69, 9.17) is 10.2 Å². The summed E-state index contributed by atoms with van der Waals surface area (Å²) in [4.78, 5) is 12.8. The van der Waals surface area contributed by atoms with Crippen molar-refractivity contribution in [1.82, 2.24) is 4.90 Å². The van der Waals surface area contributed by atoms with Crippen LogP contribution in [-0.4, -0.2) is 37.2 Å². The van der Waals surface area contributed by atoms with Crippen molar-refractivity contribution in [3.63, 3.8) is 0 Å². The van der Waals surface area contributed by atoms with Gasteiger partial charge in [-0.05, 0) is 48.5 Å². The summed E-state index contributed by atoms with van der Waals surface area (Å²) in [7, 11) is 1.87. The first-order valence-corrected chi connectivity index (χ1v) is 11.5. The van der Waals surface area contributed by atoms with Gasteiger partial charge < -0.3 is 15.1 Å². The first-order chi connectivity index (χ1) is 17.2. The lowest BCUT2D eigenvalue weighted by molar-refractivity contribution is -0.0504. The number of piperidine rings is 1. The standard InChI is InChI=1S/C22H15F2NO2.C6H11F2N/c23-17-5-6-19(21(24)10-17)20-9-15(14-3-1-13(12-26)2-4-14)7-16-8-18(11-25)27-22(16)20;1-9-4-2-6(7,8)3-5-9/h1-10,12H,11,25H2;2-5H2,1H3. The highest BCUT2D eigenvalue weighted by Crippen LogP contribution is 2.37. The van der Waals surface area contributed by atoms with Crippen molar-refractivity contribution < 1.29 is 26.8 Å². The molecule has 1 saturated heterocycles. The molecule has 188 valence electrons. The van der Waals surface area contributed by atoms with Gasteiger partial charge in [-0.15, -0.1) is 0 Å². The number of hydrogen-bond donors (Lipinski definition) is 1. The highest BCUT2D eigenvalue weighted by Gasteiger charge is 2.32. The molecule has 1 aliphatic rings. The number of furan rings is 1. The van der Waals surface area contributed by atoms with E-state index in [0.29, 0.717) is 35.6 Å². The van der Waals surface area contributed by atoms with Crippen LogP contribution in [0.4, 0.5) is 17.6 Å². The van der Waals surface area contributed by atoms with E-state index in [1.807, 2.05) is 36.2 Å². The number of halogens is 4. The molecule has 2 N–H and O–H groups in total. The molecule has 4 aromatic rings. The number of alkyl halides is 2. The smallest absolute Gasteiger partial charge is 0.250 e. The molecule has 4 nitrogen and oxygen atoms in total. The second-order valence-corrected chi connectivity index (χ2v) is 8.88. The van der Waals surface area contributed by atoms with E-state index < -0.39 is 17.6 Å². The Balaban J connectivity index is 0.000000286. The van der Waals surface area contributed by atoms with E-state index in [1.54, 1.807) is 18.2 Å². The number of nitrogens with two attached hydrogens (primary N) is 1. The van der Waals surface area contributed by atoms with Gasteiger partial charge in [-0.2, -0.15) is 0 Å². The molecule has 5 rings (SSSR count). The van der Waals surface area contributed by atoms with Crippen LogP contribution in [0.15, 0.2) is 65.1 Å². The van der Waals surface area contributed by atoms with E-state index in [-0.39, 0.29) is 24.9 Å². The molecule has 0 unspecified atom stereocenters. The molecule has 0 bridgehead atoms. The van der Waals surface area contributed by atoms with E-state index in [0.717, 1.165) is 28.9 Å². The number of carbonyl (C=O) groups is 1. The zero-order valence-corrected chi connectivity index (χ0v) is 19.7. The fourth-order valence-electron chi connectivity index (χ4n) is 4.08. The van der Waals surface area contributed by atoms with Crippen LogP contribution in [0.5, 0.6) is 0 Å². The SMILES string of the molecule is CN1CCC(F)(F)CC1.NCc1cc2cc(-c3ccc(C=O)cc3)cc(-c3ccc(F)cc3F)c2o1. The lowest BCUT2D eigenvalue weighted by Gasteiger charge is -2.28. The van der Waals surface area contributed by atoms with Gasteiger partial charge in [-0.1, -0.05) is 24.3 Å². The van der Waals surface area contributed by atoms with Crippen LogP contribution >= 0.6 is 0 Å². The minimum Gasteiger partial charge on any atom is -0.459 e. The number of benzene rings is 3. The number of likely N-dealkylation sites (tertiary alicyclic amines) is 1. The molecule has 8 heteroatoms. The van der Waals surface area contributed by atoms with Crippen LogP contribution in [0.25, 0.3) is 33.2 Å². The number of aldehydes is 1. The molecular formula is C28H26F4N2O2. The average molecular weight is 499 g/mol. The molecule has 0 spiro atoms. The third-order valence-electron chi connectivity index (χ3n) is 6.19. The van der Waals surface area contributed by atoms with Gasteiger partial charge in [-0.25, -0.2) is 17.6 Å². The quantitative estimate of drug-likeness (QED) is 0.252. The van der Waals surface area contributed by atoms with Crippen molar-refractivity contribution in [3.8, 4) is 22.3 Å². The lowest BCUT2D eigenvalue weighted by Crippen LogP contribution is -2.36. The van der Waals surface area contributed by atoms with Crippen molar-refractivity contribution in [1.29, 1.82) is 0 Å². The van der Waals surface area contributed by atoms with Crippen LogP contribution in [0.3, 0.4) is 0 Å².